The van der Waals surface area contributed by atoms with Crippen molar-refractivity contribution in [3.8, 4) is 33.8 Å². The molecule has 0 fully saturated rings. The second-order valence-corrected chi connectivity index (χ2v) is 8.56. The molecule has 0 spiro atoms. The van der Waals surface area contributed by atoms with Gasteiger partial charge in [-0.2, -0.15) is 0 Å². The summed E-state index contributed by atoms with van der Waals surface area (Å²) in [6.45, 7) is 6.80. The second-order valence-electron chi connectivity index (χ2n) is 8.56. The van der Waals surface area contributed by atoms with Crippen molar-refractivity contribution in [1.82, 2.24) is 4.98 Å². The summed E-state index contributed by atoms with van der Waals surface area (Å²) in [5, 5.41) is 12.0. The summed E-state index contributed by atoms with van der Waals surface area (Å²) in [6.07, 6.45) is 0.870. The molecule has 1 aromatic heterocycles. The zero-order chi connectivity index (χ0) is 25.1. The molecule has 1 heterocycles. The van der Waals surface area contributed by atoms with E-state index in [-0.39, 0.29) is 5.75 Å². The molecular weight excluding hydrogens is 440 g/mol. The van der Waals surface area contributed by atoms with Gasteiger partial charge < -0.3 is 19.5 Å². The number of esters is 1. The van der Waals surface area contributed by atoms with E-state index in [2.05, 4.69) is 35.8 Å². The first-order chi connectivity index (χ1) is 16.7. The summed E-state index contributed by atoms with van der Waals surface area (Å²) >= 11 is 0. The lowest BCUT2D eigenvalue weighted by Gasteiger charge is -2.17. The summed E-state index contributed by atoms with van der Waals surface area (Å²) < 4.78 is 11.0. The number of phenols is 1. The molecule has 0 aliphatic heterocycles. The third-order valence-electron chi connectivity index (χ3n) is 5.63. The average molecular weight is 469 g/mol. The van der Waals surface area contributed by atoms with Crippen molar-refractivity contribution in [1.29, 1.82) is 0 Å². The number of aromatic nitrogens is 1. The Hall–Kier alpha value is -4.32. The lowest BCUT2D eigenvalue weighted by Crippen LogP contribution is -2.21. The van der Waals surface area contributed by atoms with E-state index in [1.165, 1.54) is 0 Å². The highest BCUT2D eigenvalue weighted by molar-refractivity contribution is 6.02. The van der Waals surface area contributed by atoms with Crippen LogP contribution in [-0.4, -0.2) is 36.4 Å². The van der Waals surface area contributed by atoms with Gasteiger partial charge in [-0.1, -0.05) is 36.9 Å². The molecule has 0 amide bonds. The summed E-state index contributed by atoms with van der Waals surface area (Å²) in [7, 11) is 4.00. The minimum atomic E-state index is -0.799. The Kier molecular flexibility index (Phi) is 6.73. The quantitative estimate of drug-likeness (QED) is 0.198. The Morgan fingerprint density at radius 1 is 1.00 bits per heavy atom. The fourth-order valence-corrected chi connectivity index (χ4v) is 3.83. The lowest BCUT2D eigenvalue weighted by molar-refractivity contribution is -0.156. The van der Waals surface area contributed by atoms with Crippen LogP contribution in [0.15, 0.2) is 85.1 Å². The molecule has 0 radical (unpaired) electrons. The second kappa shape index (κ2) is 9.89. The van der Waals surface area contributed by atoms with E-state index in [1.54, 1.807) is 32.2 Å². The molecule has 4 rings (SSSR count). The van der Waals surface area contributed by atoms with Gasteiger partial charge in [0.25, 0.3) is 0 Å². The number of fused-ring (bicyclic) bond motifs is 1. The maximum atomic E-state index is 11.8. The third kappa shape index (κ3) is 5.11. The number of anilines is 1. The van der Waals surface area contributed by atoms with Crippen molar-refractivity contribution in [2.45, 2.75) is 20.1 Å². The van der Waals surface area contributed by atoms with Crippen LogP contribution in [0.1, 0.15) is 13.8 Å². The van der Waals surface area contributed by atoms with Gasteiger partial charge in [0.05, 0.1) is 0 Å². The highest BCUT2D eigenvalue weighted by Gasteiger charge is 2.17. The number of phenolic OH excluding ortho intramolecular Hbond substituents is 1. The Bertz CT molecular complexity index is 1390. The molecule has 0 saturated heterocycles. The van der Waals surface area contributed by atoms with Crippen molar-refractivity contribution in [2.24, 2.45) is 0 Å². The predicted molar refractivity (Wildman–Crippen MR) is 140 cm³/mol. The zero-order valence-electron chi connectivity index (χ0n) is 20.3. The van der Waals surface area contributed by atoms with Gasteiger partial charge in [-0.3, -0.25) is 4.98 Å². The SMILES string of the molecule is C=C(C)C(=O)OC(C)Oc1cccc(-c2cc(-c3ccc(N(C)C)cc3)c3cccnc3c2O)c1. The molecule has 0 saturated carbocycles. The number of carbonyl (C=O) groups excluding carboxylic acids is 1. The number of rotatable bonds is 7. The molecule has 4 aromatic rings. The van der Waals surface area contributed by atoms with Gasteiger partial charge in [0, 0.05) is 49.4 Å². The maximum Gasteiger partial charge on any atom is 0.336 e. The van der Waals surface area contributed by atoms with Crippen LogP contribution in [0.5, 0.6) is 11.5 Å². The van der Waals surface area contributed by atoms with Crippen molar-refractivity contribution < 1.29 is 19.4 Å². The van der Waals surface area contributed by atoms with Gasteiger partial charge in [0.1, 0.15) is 17.0 Å². The highest BCUT2D eigenvalue weighted by Crippen LogP contribution is 2.41. The Morgan fingerprint density at radius 3 is 2.43 bits per heavy atom. The normalized spacial score (nSPS) is 11.7. The third-order valence-corrected chi connectivity index (χ3v) is 5.63. The molecule has 178 valence electrons. The molecule has 1 N–H and O–H groups in total. The van der Waals surface area contributed by atoms with Crippen LogP contribution in [0, 0.1) is 0 Å². The Balaban J connectivity index is 1.76. The van der Waals surface area contributed by atoms with Crippen molar-refractivity contribution in [3.05, 3.63) is 85.1 Å². The minimum absolute atomic E-state index is 0.0909. The summed E-state index contributed by atoms with van der Waals surface area (Å²) in [4.78, 5) is 18.3. The minimum Gasteiger partial charge on any atom is -0.505 e. The first-order valence-corrected chi connectivity index (χ1v) is 11.3. The van der Waals surface area contributed by atoms with Gasteiger partial charge in [-0.15, -0.1) is 0 Å². The van der Waals surface area contributed by atoms with Crippen LogP contribution in [0.25, 0.3) is 33.2 Å². The van der Waals surface area contributed by atoms with Crippen LogP contribution in [0.3, 0.4) is 0 Å². The highest BCUT2D eigenvalue weighted by atomic mass is 16.7. The van der Waals surface area contributed by atoms with E-state index >= 15 is 0 Å². The van der Waals surface area contributed by atoms with Crippen molar-refractivity contribution in [2.75, 3.05) is 19.0 Å². The van der Waals surface area contributed by atoms with E-state index in [0.29, 0.717) is 22.4 Å². The molecule has 6 heteroatoms. The monoisotopic (exact) mass is 468 g/mol. The molecule has 0 aliphatic rings. The van der Waals surface area contributed by atoms with Crippen LogP contribution >= 0.6 is 0 Å². The number of hydrogen-bond acceptors (Lipinski definition) is 6. The Labute approximate surface area is 205 Å². The van der Waals surface area contributed by atoms with Crippen LogP contribution in [-0.2, 0) is 9.53 Å². The number of benzene rings is 3. The standard InChI is InChI=1S/C29H28N2O4/c1-18(2)29(33)35-19(3)34-23-9-6-8-21(16-23)26-17-25(20-11-13-22(14-12-20)31(4)5)24-10-7-15-30-27(24)28(26)32/h6-17,19,32H,1H2,2-5H3. The average Bonchev–Trinajstić information content (AvgIpc) is 2.84. The van der Waals surface area contributed by atoms with Gasteiger partial charge in [-0.05, 0) is 60.0 Å². The first-order valence-electron chi connectivity index (χ1n) is 11.3. The summed E-state index contributed by atoms with van der Waals surface area (Å²) in [6, 6.07) is 21.3. The molecule has 35 heavy (non-hydrogen) atoms. The van der Waals surface area contributed by atoms with Crippen molar-refractivity contribution >= 4 is 22.6 Å². The molecular formula is C29H28N2O4. The van der Waals surface area contributed by atoms with Gasteiger partial charge in [0.2, 0.25) is 6.29 Å². The maximum absolute atomic E-state index is 11.8. The van der Waals surface area contributed by atoms with E-state index in [9.17, 15) is 9.90 Å². The van der Waals surface area contributed by atoms with Crippen LogP contribution < -0.4 is 9.64 Å². The lowest BCUT2D eigenvalue weighted by atomic mass is 9.93. The molecule has 1 unspecified atom stereocenters. The van der Waals surface area contributed by atoms with Gasteiger partial charge >= 0.3 is 5.97 Å². The molecule has 0 aliphatic carbocycles. The summed E-state index contributed by atoms with van der Waals surface area (Å²) in [5.41, 5.74) is 5.27. The predicted octanol–water partition coefficient (Wildman–Crippen LogP) is 6.18. The largest absolute Gasteiger partial charge is 0.505 e. The number of aromatic hydroxyl groups is 1. The van der Waals surface area contributed by atoms with Gasteiger partial charge in [0.15, 0.2) is 0 Å². The Morgan fingerprint density at radius 2 is 1.74 bits per heavy atom. The van der Waals surface area contributed by atoms with E-state index in [4.69, 9.17) is 9.47 Å². The van der Waals surface area contributed by atoms with E-state index < -0.39 is 12.3 Å². The van der Waals surface area contributed by atoms with E-state index in [1.807, 2.05) is 49.3 Å². The van der Waals surface area contributed by atoms with Crippen LogP contribution in [0.4, 0.5) is 5.69 Å². The number of ether oxygens (including phenoxy) is 2. The number of hydrogen-bond donors (Lipinski definition) is 1. The van der Waals surface area contributed by atoms with Crippen LogP contribution in [0.2, 0.25) is 0 Å². The number of nitrogens with zero attached hydrogens (tertiary/aromatic N) is 2. The van der Waals surface area contributed by atoms with E-state index in [0.717, 1.165) is 27.8 Å². The van der Waals surface area contributed by atoms with Gasteiger partial charge in [-0.25, -0.2) is 4.79 Å². The topological polar surface area (TPSA) is 71.9 Å². The first kappa shape index (κ1) is 23.8. The molecule has 6 nitrogen and oxygen atoms in total. The number of pyridine rings is 1. The summed E-state index contributed by atoms with van der Waals surface area (Å²) in [5.74, 6) is 0.0759. The fourth-order valence-electron chi connectivity index (χ4n) is 3.83. The zero-order valence-corrected chi connectivity index (χ0v) is 20.3. The van der Waals surface area contributed by atoms with Crippen molar-refractivity contribution in [3.63, 3.8) is 0 Å². The fraction of sp³-hybridized carbons (Fsp3) is 0.172. The number of carbonyl (C=O) groups is 1. The molecule has 3 aromatic carbocycles. The smallest absolute Gasteiger partial charge is 0.336 e. The molecule has 1 atom stereocenters. The molecule has 0 bridgehead atoms.